The van der Waals surface area contributed by atoms with Gasteiger partial charge in [0.05, 0.1) is 4.92 Å². The van der Waals surface area contributed by atoms with Gasteiger partial charge in [-0.05, 0) is 18.4 Å². The van der Waals surface area contributed by atoms with E-state index in [1.165, 1.54) is 18.9 Å². The van der Waals surface area contributed by atoms with Crippen LogP contribution >= 0.6 is 0 Å². The van der Waals surface area contributed by atoms with Gasteiger partial charge in [0.2, 0.25) is 0 Å². The van der Waals surface area contributed by atoms with Gasteiger partial charge in [-0.3, -0.25) is 10.1 Å². The Balaban J connectivity index is 2.10. The third kappa shape index (κ3) is 3.90. The largest absolute Gasteiger partial charge is 0.384 e. The van der Waals surface area contributed by atoms with Crippen LogP contribution < -0.4 is 5.32 Å². The summed E-state index contributed by atoms with van der Waals surface area (Å²) in [5, 5.41) is 15.2. The number of hydrogen-bond acceptors (Lipinski definition) is 4. The average Bonchev–Trinajstić information content (AvgIpc) is 2.46. The molecular formula is C16H21N3O2. The summed E-state index contributed by atoms with van der Waals surface area (Å²) in [7, 11) is 0. The van der Waals surface area contributed by atoms with E-state index < -0.39 is 0 Å². The normalized spacial score (nSPS) is 11.0. The molecule has 0 atom stereocenters. The molecule has 0 aliphatic rings. The first kappa shape index (κ1) is 15.2. The molecule has 21 heavy (non-hydrogen) atoms. The number of non-ortho nitro benzene ring substituents is 1. The zero-order valence-electron chi connectivity index (χ0n) is 12.5. The molecule has 112 valence electrons. The first-order valence-electron chi connectivity index (χ1n) is 7.35. The number of anilines is 1. The molecule has 2 aromatic rings. The molecule has 0 fully saturated rings. The van der Waals surface area contributed by atoms with Crippen LogP contribution in [-0.2, 0) is 0 Å². The van der Waals surface area contributed by atoms with E-state index in [2.05, 4.69) is 24.1 Å². The van der Waals surface area contributed by atoms with Crippen molar-refractivity contribution in [1.29, 1.82) is 0 Å². The molecule has 1 aromatic carbocycles. The van der Waals surface area contributed by atoms with Crippen LogP contribution in [0.3, 0.4) is 0 Å². The highest BCUT2D eigenvalue weighted by Crippen LogP contribution is 2.28. The fraction of sp³-hybridized carbons (Fsp3) is 0.438. The summed E-state index contributed by atoms with van der Waals surface area (Å²) < 4.78 is 0. The number of fused-ring (bicyclic) bond motifs is 1. The quantitative estimate of drug-likeness (QED) is 0.466. The van der Waals surface area contributed by atoms with E-state index in [-0.39, 0.29) is 10.6 Å². The number of aromatic nitrogens is 1. The monoisotopic (exact) mass is 287 g/mol. The lowest BCUT2D eigenvalue weighted by Gasteiger charge is -2.10. The zero-order valence-corrected chi connectivity index (χ0v) is 12.5. The van der Waals surface area contributed by atoms with Gasteiger partial charge in [0.1, 0.15) is 5.52 Å². The molecule has 0 aliphatic heterocycles. The van der Waals surface area contributed by atoms with Crippen molar-refractivity contribution < 1.29 is 4.92 Å². The Hall–Kier alpha value is -2.17. The molecule has 1 N–H and O–H groups in total. The highest BCUT2D eigenvalue weighted by molar-refractivity contribution is 5.96. The second kappa shape index (κ2) is 7.02. The lowest BCUT2D eigenvalue weighted by Crippen LogP contribution is -2.03. The Bertz CT molecular complexity index is 626. The summed E-state index contributed by atoms with van der Waals surface area (Å²) in [6.07, 6.45) is 5.13. The van der Waals surface area contributed by atoms with Gasteiger partial charge < -0.3 is 5.32 Å². The van der Waals surface area contributed by atoms with Crippen LogP contribution in [-0.4, -0.2) is 16.5 Å². The number of benzene rings is 1. The Morgan fingerprint density at radius 3 is 2.81 bits per heavy atom. The number of nitrogens with zero attached hydrogens (tertiary/aromatic N) is 2. The number of para-hydroxylation sites is 1. The van der Waals surface area contributed by atoms with Crippen LogP contribution in [0.1, 0.15) is 33.1 Å². The van der Waals surface area contributed by atoms with E-state index in [9.17, 15) is 10.1 Å². The second-order valence-electron chi connectivity index (χ2n) is 5.61. The molecule has 0 aliphatic carbocycles. The number of unbranched alkanes of at least 4 members (excludes halogenated alkanes) is 1. The van der Waals surface area contributed by atoms with Gasteiger partial charge in [-0.2, -0.15) is 0 Å². The molecule has 0 radical (unpaired) electrons. The number of nitro groups is 1. The minimum Gasteiger partial charge on any atom is -0.384 e. The minimum absolute atomic E-state index is 0.0518. The number of hydrogen-bond donors (Lipinski definition) is 1. The van der Waals surface area contributed by atoms with Gasteiger partial charge in [-0.15, -0.1) is 0 Å². The van der Waals surface area contributed by atoms with E-state index in [4.69, 9.17) is 0 Å². The van der Waals surface area contributed by atoms with Crippen LogP contribution in [0.4, 0.5) is 11.4 Å². The van der Waals surface area contributed by atoms with Crippen molar-refractivity contribution in [2.45, 2.75) is 33.1 Å². The van der Waals surface area contributed by atoms with Crippen LogP contribution in [0.15, 0.2) is 30.5 Å². The molecule has 0 bridgehead atoms. The second-order valence-corrected chi connectivity index (χ2v) is 5.61. The van der Waals surface area contributed by atoms with Gasteiger partial charge in [0.15, 0.2) is 0 Å². The topological polar surface area (TPSA) is 68.1 Å². The van der Waals surface area contributed by atoms with Crippen LogP contribution in [0.5, 0.6) is 0 Å². The molecule has 5 nitrogen and oxygen atoms in total. The van der Waals surface area contributed by atoms with Crippen molar-refractivity contribution in [3.63, 3.8) is 0 Å². The minimum atomic E-state index is -0.387. The van der Waals surface area contributed by atoms with Gasteiger partial charge >= 0.3 is 0 Å². The van der Waals surface area contributed by atoms with Gasteiger partial charge in [-0.25, -0.2) is 4.98 Å². The number of rotatable bonds is 7. The van der Waals surface area contributed by atoms with E-state index in [0.29, 0.717) is 5.52 Å². The van der Waals surface area contributed by atoms with Crippen molar-refractivity contribution in [3.05, 3.63) is 40.6 Å². The molecule has 0 amide bonds. The Labute approximate surface area is 124 Å². The van der Waals surface area contributed by atoms with E-state index in [0.717, 1.165) is 30.0 Å². The van der Waals surface area contributed by atoms with E-state index in [1.807, 2.05) is 12.1 Å². The molecule has 5 heteroatoms. The van der Waals surface area contributed by atoms with Crippen LogP contribution in [0.2, 0.25) is 0 Å². The third-order valence-corrected chi connectivity index (χ3v) is 3.47. The predicted molar refractivity (Wildman–Crippen MR) is 85.6 cm³/mol. The molecule has 1 aromatic heterocycles. The summed E-state index contributed by atoms with van der Waals surface area (Å²) in [6, 6.07) is 6.92. The maximum Gasteiger partial charge on any atom is 0.295 e. The number of nitro benzene ring substituents is 1. The lowest BCUT2D eigenvalue weighted by atomic mass is 10.1. The van der Waals surface area contributed by atoms with Crippen molar-refractivity contribution in [2.24, 2.45) is 5.92 Å². The molecular weight excluding hydrogens is 266 g/mol. The summed E-state index contributed by atoms with van der Waals surface area (Å²) in [4.78, 5) is 14.8. The fourth-order valence-electron chi connectivity index (χ4n) is 2.36. The summed E-state index contributed by atoms with van der Waals surface area (Å²) in [5.74, 6) is 0.731. The molecule has 0 unspecified atom stereocenters. The summed E-state index contributed by atoms with van der Waals surface area (Å²) in [5.41, 5.74) is 1.40. The predicted octanol–water partition coefficient (Wildman–Crippen LogP) is 4.38. The number of pyridine rings is 1. The first-order valence-corrected chi connectivity index (χ1v) is 7.35. The Kier molecular flexibility index (Phi) is 5.09. The fourth-order valence-corrected chi connectivity index (χ4v) is 2.36. The third-order valence-electron chi connectivity index (χ3n) is 3.47. The Morgan fingerprint density at radius 1 is 1.29 bits per heavy atom. The van der Waals surface area contributed by atoms with E-state index >= 15 is 0 Å². The zero-order chi connectivity index (χ0) is 15.2. The highest BCUT2D eigenvalue weighted by atomic mass is 16.6. The molecule has 0 spiro atoms. The highest BCUT2D eigenvalue weighted by Gasteiger charge is 2.13. The standard InChI is InChI=1S/C16H21N3O2/c1-12(2)6-3-4-10-17-14-9-11-18-16-13(14)7-5-8-15(16)19(20)21/h5,7-9,11-12H,3-4,6,10H2,1-2H3,(H,17,18). The van der Waals surface area contributed by atoms with Gasteiger partial charge in [-0.1, -0.05) is 38.8 Å². The average molecular weight is 287 g/mol. The van der Waals surface area contributed by atoms with Crippen molar-refractivity contribution >= 4 is 22.3 Å². The summed E-state index contributed by atoms with van der Waals surface area (Å²) in [6.45, 7) is 5.32. The van der Waals surface area contributed by atoms with Gasteiger partial charge in [0.25, 0.3) is 5.69 Å². The smallest absolute Gasteiger partial charge is 0.295 e. The lowest BCUT2D eigenvalue weighted by molar-refractivity contribution is -0.383. The van der Waals surface area contributed by atoms with Crippen molar-refractivity contribution in [2.75, 3.05) is 11.9 Å². The molecule has 1 heterocycles. The molecule has 0 saturated carbocycles. The first-order chi connectivity index (χ1) is 10.1. The SMILES string of the molecule is CC(C)CCCCNc1ccnc2c([N+](=O)[O-])cccc12. The van der Waals surface area contributed by atoms with E-state index in [1.54, 1.807) is 12.3 Å². The van der Waals surface area contributed by atoms with Crippen LogP contribution in [0.25, 0.3) is 10.9 Å². The Morgan fingerprint density at radius 2 is 2.10 bits per heavy atom. The van der Waals surface area contributed by atoms with Gasteiger partial charge in [0, 0.05) is 29.9 Å². The molecule has 2 rings (SSSR count). The maximum absolute atomic E-state index is 11.0. The molecule has 0 saturated heterocycles. The number of nitrogens with one attached hydrogen (secondary N) is 1. The maximum atomic E-state index is 11.0. The van der Waals surface area contributed by atoms with Crippen molar-refractivity contribution in [3.8, 4) is 0 Å². The van der Waals surface area contributed by atoms with Crippen LogP contribution in [0, 0.1) is 16.0 Å². The summed E-state index contributed by atoms with van der Waals surface area (Å²) >= 11 is 0. The van der Waals surface area contributed by atoms with Crippen molar-refractivity contribution in [1.82, 2.24) is 4.98 Å².